The van der Waals surface area contributed by atoms with Crippen molar-refractivity contribution in [2.24, 2.45) is 0 Å². The molecule has 1 fully saturated rings. The Bertz CT molecular complexity index is 885. The highest BCUT2D eigenvalue weighted by Crippen LogP contribution is 2.33. The van der Waals surface area contributed by atoms with Gasteiger partial charge in [-0.1, -0.05) is 18.2 Å². The molecular formula is C21H25N3O6. The summed E-state index contributed by atoms with van der Waals surface area (Å²) in [5.41, 5.74) is 1.09. The molecule has 2 heterocycles. The summed E-state index contributed by atoms with van der Waals surface area (Å²) in [6.07, 6.45) is -0.717. The molecule has 1 saturated heterocycles. The normalized spacial score (nSPS) is 17.6. The van der Waals surface area contributed by atoms with Crippen LogP contribution in [0.1, 0.15) is 5.56 Å². The smallest absolute Gasteiger partial charge is 0.310 e. The van der Waals surface area contributed by atoms with Gasteiger partial charge in [-0.25, -0.2) is 0 Å². The maximum absolute atomic E-state index is 11.0. The first kappa shape index (κ1) is 20.4. The zero-order chi connectivity index (χ0) is 20.9. The second kappa shape index (κ2) is 9.29. The third-order valence-electron chi connectivity index (χ3n) is 5.27. The van der Waals surface area contributed by atoms with Gasteiger partial charge in [0.15, 0.2) is 17.2 Å². The van der Waals surface area contributed by atoms with E-state index in [1.807, 2.05) is 12.1 Å². The Morgan fingerprint density at radius 2 is 1.80 bits per heavy atom. The lowest BCUT2D eigenvalue weighted by Gasteiger charge is -2.35. The first-order chi connectivity index (χ1) is 14.6. The van der Waals surface area contributed by atoms with Crippen LogP contribution >= 0.6 is 0 Å². The number of aliphatic hydroxyl groups is 1. The third-order valence-corrected chi connectivity index (χ3v) is 5.27. The minimum Gasteiger partial charge on any atom is -0.484 e. The fourth-order valence-electron chi connectivity index (χ4n) is 3.69. The number of piperazine rings is 1. The molecule has 0 aliphatic carbocycles. The SMILES string of the molecule is O=[N+]([O-])c1ccccc1OC[C@@H](O)CN1CCN(Cc2ccc3c(c2)OCO3)CC1. The average Bonchev–Trinajstić information content (AvgIpc) is 3.22. The van der Waals surface area contributed by atoms with Crippen molar-refractivity contribution in [3.8, 4) is 17.2 Å². The minimum absolute atomic E-state index is 0.0161. The second-order valence-electron chi connectivity index (χ2n) is 7.45. The maximum atomic E-state index is 11.0. The van der Waals surface area contributed by atoms with Gasteiger partial charge in [0.25, 0.3) is 0 Å². The number of hydrogen-bond acceptors (Lipinski definition) is 8. The molecule has 2 aliphatic heterocycles. The van der Waals surface area contributed by atoms with Crippen LogP contribution in [0.3, 0.4) is 0 Å². The molecule has 2 aromatic carbocycles. The maximum Gasteiger partial charge on any atom is 0.310 e. The molecule has 0 unspecified atom stereocenters. The number of β-amino-alcohol motifs (C(OH)–C–C–N with tert-alkyl or cyclic N) is 1. The highest BCUT2D eigenvalue weighted by atomic mass is 16.7. The summed E-state index contributed by atoms with van der Waals surface area (Å²) in [6, 6.07) is 12.2. The van der Waals surface area contributed by atoms with Crippen LogP contribution in [0.15, 0.2) is 42.5 Å². The monoisotopic (exact) mass is 415 g/mol. The van der Waals surface area contributed by atoms with E-state index in [4.69, 9.17) is 14.2 Å². The predicted molar refractivity (Wildman–Crippen MR) is 109 cm³/mol. The summed E-state index contributed by atoms with van der Waals surface area (Å²) < 4.78 is 16.3. The van der Waals surface area contributed by atoms with Crippen LogP contribution in [0.25, 0.3) is 0 Å². The van der Waals surface area contributed by atoms with Crippen molar-refractivity contribution in [3.63, 3.8) is 0 Å². The van der Waals surface area contributed by atoms with Gasteiger partial charge in [-0.2, -0.15) is 0 Å². The molecule has 9 heteroatoms. The molecule has 0 aromatic heterocycles. The van der Waals surface area contributed by atoms with Crippen LogP contribution in [-0.2, 0) is 6.54 Å². The molecule has 0 spiro atoms. The van der Waals surface area contributed by atoms with Crippen LogP contribution in [0.2, 0.25) is 0 Å². The zero-order valence-electron chi connectivity index (χ0n) is 16.6. The van der Waals surface area contributed by atoms with Crippen LogP contribution in [0, 0.1) is 10.1 Å². The summed E-state index contributed by atoms with van der Waals surface area (Å²) >= 11 is 0. The van der Waals surface area contributed by atoms with E-state index in [0.717, 1.165) is 44.2 Å². The molecule has 0 amide bonds. The van der Waals surface area contributed by atoms with Gasteiger partial charge in [-0.15, -0.1) is 0 Å². The molecule has 1 N–H and O–H groups in total. The summed E-state index contributed by atoms with van der Waals surface area (Å²) in [5, 5.41) is 21.3. The largest absolute Gasteiger partial charge is 0.484 e. The summed E-state index contributed by atoms with van der Waals surface area (Å²) in [7, 11) is 0. The number of hydrogen-bond donors (Lipinski definition) is 1. The lowest BCUT2D eigenvalue weighted by atomic mass is 10.1. The Kier molecular flexibility index (Phi) is 6.32. The Morgan fingerprint density at radius 1 is 1.07 bits per heavy atom. The number of nitrogens with zero attached hydrogens (tertiary/aromatic N) is 3. The molecular weight excluding hydrogens is 390 g/mol. The standard InChI is InChI=1S/C21H25N3O6/c25-17(14-28-19-4-2-1-3-18(19)24(26)27)13-23-9-7-22(8-10-23)12-16-5-6-20-21(11-16)30-15-29-20/h1-6,11,17,25H,7-10,12-15H2/t17-/m0/s1. The van der Waals surface area contributed by atoms with E-state index in [9.17, 15) is 15.2 Å². The number of aliphatic hydroxyl groups excluding tert-OH is 1. The fraction of sp³-hybridized carbons (Fsp3) is 0.429. The van der Waals surface area contributed by atoms with Gasteiger partial charge in [0.1, 0.15) is 12.7 Å². The highest BCUT2D eigenvalue weighted by Gasteiger charge is 2.22. The van der Waals surface area contributed by atoms with Gasteiger partial charge < -0.3 is 19.3 Å². The lowest BCUT2D eigenvalue weighted by Crippen LogP contribution is -2.48. The first-order valence-corrected chi connectivity index (χ1v) is 9.96. The van der Waals surface area contributed by atoms with Gasteiger partial charge in [0, 0.05) is 45.3 Å². The van der Waals surface area contributed by atoms with Crippen molar-refractivity contribution in [2.45, 2.75) is 12.6 Å². The highest BCUT2D eigenvalue weighted by molar-refractivity contribution is 5.46. The van der Waals surface area contributed by atoms with E-state index >= 15 is 0 Å². The first-order valence-electron chi connectivity index (χ1n) is 9.96. The molecule has 0 saturated carbocycles. The summed E-state index contributed by atoms with van der Waals surface area (Å²) in [5.74, 6) is 1.77. The number of fused-ring (bicyclic) bond motifs is 1. The van der Waals surface area contributed by atoms with Crippen molar-refractivity contribution in [1.82, 2.24) is 9.80 Å². The molecule has 2 aliphatic rings. The Labute approximate surface area is 174 Å². The van der Waals surface area contributed by atoms with Gasteiger partial charge in [0.05, 0.1) is 4.92 Å². The van der Waals surface area contributed by atoms with Crippen molar-refractivity contribution < 1.29 is 24.2 Å². The number of nitro groups is 1. The van der Waals surface area contributed by atoms with Crippen LogP contribution < -0.4 is 14.2 Å². The zero-order valence-corrected chi connectivity index (χ0v) is 16.6. The van der Waals surface area contributed by atoms with E-state index in [0.29, 0.717) is 6.54 Å². The number of benzene rings is 2. The van der Waals surface area contributed by atoms with E-state index in [-0.39, 0.29) is 24.8 Å². The number of para-hydroxylation sites is 2. The predicted octanol–water partition coefficient (Wildman–Crippen LogP) is 1.88. The van der Waals surface area contributed by atoms with E-state index in [1.54, 1.807) is 18.2 Å². The Morgan fingerprint density at radius 3 is 2.60 bits per heavy atom. The van der Waals surface area contributed by atoms with Crippen LogP contribution in [0.5, 0.6) is 17.2 Å². The fourth-order valence-corrected chi connectivity index (χ4v) is 3.69. The van der Waals surface area contributed by atoms with Crippen molar-refractivity contribution in [2.75, 3.05) is 46.1 Å². The molecule has 4 rings (SSSR count). The molecule has 1 atom stereocenters. The van der Waals surface area contributed by atoms with Gasteiger partial charge in [-0.05, 0) is 23.8 Å². The molecule has 2 aromatic rings. The van der Waals surface area contributed by atoms with E-state index in [1.165, 1.54) is 11.6 Å². The number of rotatable bonds is 8. The minimum atomic E-state index is -0.717. The van der Waals surface area contributed by atoms with Crippen molar-refractivity contribution >= 4 is 5.69 Å². The van der Waals surface area contributed by atoms with E-state index in [2.05, 4.69) is 15.9 Å². The lowest BCUT2D eigenvalue weighted by molar-refractivity contribution is -0.385. The number of nitro benzene ring substituents is 1. The van der Waals surface area contributed by atoms with E-state index < -0.39 is 11.0 Å². The molecule has 0 radical (unpaired) electrons. The second-order valence-corrected chi connectivity index (χ2v) is 7.45. The summed E-state index contributed by atoms with van der Waals surface area (Å²) in [6.45, 7) is 5.08. The van der Waals surface area contributed by atoms with Gasteiger partial charge in [-0.3, -0.25) is 19.9 Å². The topological polar surface area (TPSA) is 97.5 Å². The third kappa shape index (κ3) is 4.99. The van der Waals surface area contributed by atoms with Crippen LogP contribution in [0.4, 0.5) is 5.69 Å². The molecule has 0 bridgehead atoms. The van der Waals surface area contributed by atoms with Crippen molar-refractivity contribution in [1.29, 1.82) is 0 Å². The Hall–Kier alpha value is -2.88. The van der Waals surface area contributed by atoms with Crippen LogP contribution in [-0.4, -0.2) is 72.1 Å². The number of ether oxygens (including phenoxy) is 3. The summed E-state index contributed by atoms with van der Waals surface area (Å²) in [4.78, 5) is 15.1. The molecule has 30 heavy (non-hydrogen) atoms. The molecule has 160 valence electrons. The Balaban J connectivity index is 1.20. The quantitative estimate of drug-likeness (QED) is 0.516. The van der Waals surface area contributed by atoms with Crippen molar-refractivity contribution in [3.05, 3.63) is 58.1 Å². The van der Waals surface area contributed by atoms with Gasteiger partial charge in [0.2, 0.25) is 6.79 Å². The molecule has 9 nitrogen and oxygen atoms in total. The average molecular weight is 415 g/mol. The van der Waals surface area contributed by atoms with Gasteiger partial charge >= 0.3 is 5.69 Å².